The summed E-state index contributed by atoms with van der Waals surface area (Å²) in [5, 5.41) is 7.34. The van der Waals surface area contributed by atoms with Crippen molar-refractivity contribution < 1.29 is 33.3 Å². The van der Waals surface area contributed by atoms with Crippen molar-refractivity contribution in [1.82, 2.24) is 10.6 Å². The Morgan fingerprint density at radius 1 is 0.720 bits per heavy atom. The van der Waals surface area contributed by atoms with Crippen molar-refractivity contribution >= 4 is 11.9 Å². The lowest BCUT2D eigenvalue weighted by Gasteiger charge is -2.41. The Hall–Kier alpha value is -1.78. The Labute approximate surface area is 307 Å². The fourth-order valence-corrected chi connectivity index (χ4v) is 5.59. The molecule has 0 aromatic rings. The molecule has 0 spiro atoms. The van der Waals surface area contributed by atoms with Crippen LogP contribution in [0, 0.1) is 35.0 Å². The first-order chi connectivity index (χ1) is 23.1. The first-order valence-electron chi connectivity index (χ1n) is 19.0. The lowest BCUT2D eigenvalue weighted by atomic mass is 9.77. The molecule has 0 fully saturated rings. The molecule has 0 aromatic heterocycles. The summed E-state index contributed by atoms with van der Waals surface area (Å²) in [6, 6.07) is 0.287. The Balaban J connectivity index is 5.30. The Morgan fingerprint density at radius 3 is 1.68 bits per heavy atom. The molecule has 0 bridgehead atoms. The molecular weight excluding hydrogens is 632 g/mol. The summed E-state index contributed by atoms with van der Waals surface area (Å²) in [5.41, 5.74) is 0.0747. The van der Waals surface area contributed by atoms with E-state index in [1.165, 1.54) is 0 Å². The second-order valence-corrected chi connectivity index (χ2v) is 16.9. The van der Waals surface area contributed by atoms with Crippen LogP contribution in [-0.4, -0.2) is 88.5 Å². The fraction of sp³-hybridized carbons (Fsp3) is 0.854. The largest absolute Gasteiger partial charge is 0.462 e. The normalized spacial score (nSPS) is 16.6. The molecule has 50 heavy (non-hydrogen) atoms. The summed E-state index contributed by atoms with van der Waals surface area (Å²) in [6.07, 6.45) is 2.70. The molecule has 6 atom stereocenters. The summed E-state index contributed by atoms with van der Waals surface area (Å²) in [5.74, 6) is 0.671. The molecule has 9 heteroatoms. The lowest BCUT2D eigenvalue weighted by Crippen LogP contribution is -2.50. The van der Waals surface area contributed by atoms with E-state index < -0.39 is 5.60 Å². The minimum Gasteiger partial charge on any atom is -0.462 e. The average Bonchev–Trinajstić information content (AvgIpc) is 3.03. The number of esters is 2. The van der Waals surface area contributed by atoms with Gasteiger partial charge in [0.05, 0.1) is 45.2 Å². The number of hydrogen-bond acceptors (Lipinski definition) is 9. The van der Waals surface area contributed by atoms with Crippen LogP contribution in [-0.2, 0) is 33.3 Å². The molecule has 0 saturated heterocycles. The van der Waals surface area contributed by atoms with Crippen LogP contribution in [0.2, 0.25) is 0 Å². The third kappa shape index (κ3) is 20.3. The summed E-state index contributed by atoms with van der Waals surface area (Å²) in [6.45, 7) is 42.1. The number of nitrogens with one attached hydrogen (secondary N) is 2. The van der Waals surface area contributed by atoms with Gasteiger partial charge in [-0.1, -0.05) is 68.5 Å². The van der Waals surface area contributed by atoms with Crippen molar-refractivity contribution in [2.24, 2.45) is 35.0 Å². The second kappa shape index (κ2) is 23.7. The van der Waals surface area contributed by atoms with Crippen molar-refractivity contribution in [3.05, 3.63) is 24.3 Å². The number of ether oxygens (including phenoxy) is 5. The van der Waals surface area contributed by atoms with Crippen molar-refractivity contribution in [2.45, 2.75) is 133 Å². The van der Waals surface area contributed by atoms with E-state index in [1.54, 1.807) is 13.8 Å². The van der Waals surface area contributed by atoms with Crippen LogP contribution in [0.1, 0.15) is 116 Å². The molecule has 0 aromatic carbocycles. The molecule has 0 amide bonds. The Bertz CT molecular complexity index is 1010. The Morgan fingerprint density at radius 2 is 1.22 bits per heavy atom. The van der Waals surface area contributed by atoms with Crippen LogP contribution in [0.25, 0.3) is 0 Å². The van der Waals surface area contributed by atoms with E-state index in [0.717, 1.165) is 32.4 Å². The zero-order valence-electron chi connectivity index (χ0n) is 34.7. The minimum atomic E-state index is -0.391. The van der Waals surface area contributed by atoms with Gasteiger partial charge in [-0.05, 0) is 78.6 Å². The highest BCUT2D eigenvalue weighted by Crippen LogP contribution is 2.36. The molecule has 0 heterocycles. The summed E-state index contributed by atoms with van der Waals surface area (Å²) < 4.78 is 30.2. The smallest absolute Gasteiger partial charge is 0.333 e. The van der Waals surface area contributed by atoms with Crippen LogP contribution >= 0.6 is 0 Å². The van der Waals surface area contributed by atoms with E-state index in [9.17, 15) is 9.59 Å². The van der Waals surface area contributed by atoms with E-state index in [1.807, 2.05) is 0 Å². The van der Waals surface area contributed by atoms with Gasteiger partial charge in [0.15, 0.2) is 0 Å². The van der Waals surface area contributed by atoms with Crippen LogP contribution in [0.3, 0.4) is 0 Å². The maximum atomic E-state index is 11.8. The molecule has 0 radical (unpaired) electrons. The summed E-state index contributed by atoms with van der Waals surface area (Å²) in [7, 11) is 0. The predicted octanol–water partition coefficient (Wildman–Crippen LogP) is 7.78. The van der Waals surface area contributed by atoms with E-state index in [-0.39, 0.29) is 46.7 Å². The van der Waals surface area contributed by atoms with Gasteiger partial charge in [0.2, 0.25) is 0 Å². The van der Waals surface area contributed by atoms with E-state index in [2.05, 4.69) is 107 Å². The second-order valence-electron chi connectivity index (χ2n) is 16.9. The summed E-state index contributed by atoms with van der Waals surface area (Å²) in [4.78, 5) is 23.5. The van der Waals surface area contributed by atoms with Gasteiger partial charge in [0.1, 0.15) is 0 Å². The zero-order valence-corrected chi connectivity index (χ0v) is 34.7. The van der Waals surface area contributed by atoms with Crippen LogP contribution in [0.4, 0.5) is 0 Å². The molecule has 0 aliphatic heterocycles. The number of hydrogen-bond donors (Lipinski definition) is 2. The molecule has 6 unspecified atom stereocenters. The predicted molar refractivity (Wildman–Crippen MR) is 206 cm³/mol. The number of carbonyl (C=O) groups is 2. The minimum absolute atomic E-state index is 0.172. The highest BCUT2D eigenvalue weighted by molar-refractivity contribution is 5.87. The fourth-order valence-electron chi connectivity index (χ4n) is 5.59. The molecule has 0 saturated carbocycles. The van der Waals surface area contributed by atoms with Gasteiger partial charge in [-0.3, -0.25) is 0 Å². The molecule has 0 rings (SSSR count). The number of rotatable bonds is 29. The van der Waals surface area contributed by atoms with Crippen LogP contribution in [0.15, 0.2) is 24.3 Å². The molecule has 0 aliphatic rings. The van der Waals surface area contributed by atoms with E-state index in [0.29, 0.717) is 69.2 Å². The van der Waals surface area contributed by atoms with Gasteiger partial charge in [-0.2, -0.15) is 0 Å². The van der Waals surface area contributed by atoms with E-state index in [4.69, 9.17) is 23.7 Å². The summed E-state index contributed by atoms with van der Waals surface area (Å²) >= 11 is 0. The lowest BCUT2D eigenvalue weighted by molar-refractivity contribution is -0.141. The van der Waals surface area contributed by atoms with Gasteiger partial charge in [0.25, 0.3) is 0 Å². The molecule has 0 aliphatic carbocycles. The average molecular weight is 711 g/mol. The molecule has 2 N–H and O–H groups in total. The maximum Gasteiger partial charge on any atom is 0.333 e. The Kier molecular flexibility index (Phi) is 22.9. The first-order valence-corrected chi connectivity index (χ1v) is 19.0. The topological polar surface area (TPSA) is 104 Å². The third-order valence-corrected chi connectivity index (χ3v) is 9.61. The highest BCUT2D eigenvalue weighted by atomic mass is 16.5. The van der Waals surface area contributed by atoms with Gasteiger partial charge < -0.3 is 34.3 Å². The van der Waals surface area contributed by atoms with Gasteiger partial charge in [-0.15, -0.1) is 0 Å². The standard InChI is InChI=1S/C41H78N2O7/c1-17-36(42-19-32(9)22-48-37(44)30(5)6)34(11)24-47-28-41(18-2,27-46-21-29(3)4)26-39(13,14)50-25-35(12)40(15,16)43-20-33(10)23-49-38(45)31(7)8/h29,32-36,42-43H,5,7,17-28H2,1-4,6,8-16H3. The molecule has 294 valence electrons. The van der Waals surface area contributed by atoms with Gasteiger partial charge in [0, 0.05) is 59.7 Å². The third-order valence-electron chi connectivity index (χ3n) is 9.61. The monoisotopic (exact) mass is 711 g/mol. The van der Waals surface area contributed by atoms with Crippen LogP contribution in [0.5, 0.6) is 0 Å². The number of carbonyl (C=O) groups excluding carboxylic acids is 2. The van der Waals surface area contributed by atoms with E-state index >= 15 is 0 Å². The zero-order chi connectivity index (χ0) is 38.7. The quantitative estimate of drug-likeness (QED) is 0.0595. The van der Waals surface area contributed by atoms with Crippen molar-refractivity contribution in [2.75, 3.05) is 59.3 Å². The molecular formula is C41H78N2O7. The van der Waals surface area contributed by atoms with Crippen molar-refractivity contribution in [3.8, 4) is 0 Å². The first kappa shape index (κ1) is 48.2. The molecule has 9 nitrogen and oxygen atoms in total. The van der Waals surface area contributed by atoms with Crippen LogP contribution < -0.4 is 10.6 Å². The maximum absolute atomic E-state index is 11.8. The van der Waals surface area contributed by atoms with Crippen molar-refractivity contribution in [1.29, 1.82) is 0 Å². The van der Waals surface area contributed by atoms with Crippen molar-refractivity contribution in [3.63, 3.8) is 0 Å². The highest BCUT2D eigenvalue weighted by Gasteiger charge is 2.38. The van der Waals surface area contributed by atoms with Gasteiger partial charge in [-0.25, -0.2) is 9.59 Å². The van der Waals surface area contributed by atoms with Gasteiger partial charge >= 0.3 is 11.9 Å². The SMILES string of the molecule is C=C(C)C(=O)OCC(C)CNC(CC)C(C)COCC(CC)(COCC(C)C)CC(C)(C)OCC(C)C(C)(C)NCC(C)COC(=O)C(=C)C.